The molecule has 4 nitrogen and oxygen atoms in total. The molecule has 0 aromatic rings. The lowest BCUT2D eigenvalue weighted by molar-refractivity contribution is -0.149. The van der Waals surface area contributed by atoms with Crippen molar-refractivity contribution in [1.29, 1.82) is 0 Å². The Morgan fingerprint density at radius 2 is 2.16 bits per heavy atom. The molecule has 0 N–H and O–H groups in total. The van der Waals surface area contributed by atoms with E-state index in [-0.39, 0.29) is 0 Å². The van der Waals surface area contributed by atoms with Gasteiger partial charge < -0.3 is 14.4 Å². The molecule has 0 radical (unpaired) electrons. The van der Waals surface area contributed by atoms with Crippen molar-refractivity contribution in [2.45, 2.75) is 31.5 Å². The minimum Gasteiger partial charge on any atom is -0.467 e. The van der Waals surface area contributed by atoms with Crippen molar-refractivity contribution < 1.29 is 18.7 Å². The number of alkyl halides is 1. The molecule has 0 spiro atoms. The number of likely N-dealkylation sites (tertiary alicyclic amines) is 1. The van der Waals surface area contributed by atoms with Crippen LogP contribution < -0.4 is 0 Å². The summed E-state index contributed by atoms with van der Waals surface area (Å²) >= 11 is 0. The fourth-order valence-corrected chi connectivity index (χ4v) is 2.57. The molecule has 5 heteroatoms. The van der Waals surface area contributed by atoms with Crippen LogP contribution in [-0.4, -0.2) is 50.0 Å². The summed E-state index contributed by atoms with van der Waals surface area (Å²) < 4.78 is 23.4. The van der Waals surface area contributed by atoms with Crippen molar-refractivity contribution >= 4 is 5.97 Å². The predicted octanol–water partition coefficient (Wildman–Crippen LogP) is 1.82. The molecule has 1 aliphatic carbocycles. The molecule has 1 atom stereocenters. The SMILES string of the molecule is COC(=O)C(OC)C1=CCCC(N2CC(C)(F)C2)=C1. The van der Waals surface area contributed by atoms with Crippen LogP contribution in [0.4, 0.5) is 4.39 Å². The molecule has 19 heavy (non-hydrogen) atoms. The monoisotopic (exact) mass is 269 g/mol. The number of hydrogen-bond acceptors (Lipinski definition) is 4. The molecular formula is C14H20FNO3. The third-order valence-corrected chi connectivity index (χ3v) is 3.51. The first-order valence-corrected chi connectivity index (χ1v) is 6.42. The highest BCUT2D eigenvalue weighted by Crippen LogP contribution is 2.33. The van der Waals surface area contributed by atoms with Crippen LogP contribution in [-0.2, 0) is 14.3 Å². The second-order valence-electron chi connectivity index (χ2n) is 5.29. The lowest BCUT2D eigenvalue weighted by atomic mass is 9.93. The predicted molar refractivity (Wildman–Crippen MR) is 69.3 cm³/mol. The number of rotatable bonds is 4. The van der Waals surface area contributed by atoms with Crippen LogP contribution >= 0.6 is 0 Å². The summed E-state index contributed by atoms with van der Waals surface area (Å²) in [5.41, 5.74) is 0.771. The van der Waals surface area contributed by atoms with Crippen molar-refractivity contribution in [2.75, 3.05) is 27.3 Å². The molecule has 0 aromatic carbocycles. The second kappa shape index (κ2) is 5.33. The van der Waals surface area contributed by atoms with Gasteiger partial charge in [0.2, 0.25) is 0 Å². The number of hydrogen-bond donors (Lipinski definition) is 0. The van der Waals surface area contributed by atoms with E-state index in [0.29, 0.717) is 13.1 Å². The molecule has 1 aliphatic heterocycles. The summed E-state index contributed by atoms with van der Waals surface area (Å²) in [6.07, 6.45) is 4.90. The van der Waals surface area contributed by atoms with Gasteiger partial charge in [0.25, 0.3) is 0 Å². The Balaban J connectivity index is 2.08. The van der Waals surface area contributed by atoms with Crippen molar-refractivity contribution in [3.8, 4) is 0 Å². The molecular weight excluding hydrogens is 249 g/mol. The third kappa shape index (κ3) is 2.97. The van der Waals surface area contributed by atoms with E-state index >= 15 is 0 Å². The van der Waals surface area contributed by atoms with Crippen molar-refractivity contribution in [3.63, 3.8) is 0 Å². The van der Waals surface area contributed by atoms with Crippen LogP contribution in [0.15, 0.2) is 23.4 Å². The van der Waals surface area contributed by atoms with Gasteiger partial charge in [-0.15, -0.1) is 0 Å². The third-order valence-electron chi connectivity index (χ3n) is 3.51. The minimum absolute atomic E-state index is 0.412. The van der Waals surface area contributed by atoms with E-state index in [0.717, 1.165) is 24.1 Å². The summed E-state index contributed by atoms with van der Waals surface area (Å²) in [5.74, 6) is -0.412. The summed E-state index contributed by atoms with van der Waals surface area (Å²) in [7, 11) is 2.82. The Kier molecular flexibility index (Phi) is 3.94. The molecule has 1 unspecified atom stereocenters. The normalized spacial score (nSPS) is 23.1. The van der Waals surface area contributed by atoms with E-state index in [2.05, 4.69) is 0 Å². The fourth-order valence-electron chi connectivity index (χ4n) is 2.57. The van der Waals surface area contributed by atoms with E-state index in [9.17, 15) is 9.18 Å². The van der Waals surface area contributed by atoms with E-state index in [1.54, 1.807) is 6.92 Å². The number of allylic oxidation sites excluding steroid dienone is 2. The van der Waals surface area contributed by atoms with Crippen LogP contribution in [0.5, 0.6) is 0 Å². The first-order valence-electron chi connectivity index (χ1n) is 6.42. The molecule has 2 rings (SSSR count). The highest BCUT2D eigenvalue weighted by Gasteiger charge is 2.40. The zero-order valence-electron chi connectivity index (χ0n) is 11.6. The maximum absolute atomic E-state index is 13.5. The van der Waals surface area contributed by atoms with Gasteiger partial charge in [0.1, 0.15) is 5.67 Å². The van der Waals surface area contributed by atoms with Gasteiger partial charge in [0.05, 0.1) is 20.2 Å². The fraction of sp³-hybridized carbons (Fsp3) is 0.643. The van der Waals surface area contributed by atoms with Crippen molar-refractivity contribution in [2.24, 2.45) is 0 Å². The highest BCUT2D eigenvalue weighted by atomic mass is 19.1. The lowest BCUT2D eigenvalue weighted by Gasteiger charge is -2.45. The Hall–Kier alpha value is -1.36. The molecule has 0 saturated carbocycles. The molecule has 1 fully saturated rings. The number of carbonyl (C=O) groups is 1. The molecule has 0 aromatic heterocycles. The van der Waals surface area contributed by atoms with Crippen molar-refractivity contribution in [1.82, 2.24) is 4.90 Å². The van der Waals surface area contributed by atoms with E-state index in [1.165, 1.54) is 14.2 Å². The smallest absolute Gasteiger partial charge is 0.339 e. The molecule has 106 valence electrons. The van der Waals surface area contributed by atoms with Gasteiger partial charge in [-0.05, 0) is 31.4 Å². The van der Waals surface area contributed by atoms with Crippen LogP contribution in [0.2, 0.25) is 0 Å². The molecule has 1 saturated heterocycles. The average Bonchev–Trinajstić information content (AvgIpc) is 2.37. The maximum Gasteiger partial charge on any atom is 0.339 e. The zero-order chi connectivity index (χ0) is 14.0. The zero-order valence-corrected chi connectivity index (χ0v) is 11.6. The number of ether oxygens (including phenoxy) is 2. The summed E-state index contributed by atoms with van der Waals surface area (Å²) in [6, 6.07) is 0. The van der Waals surface area contributed by atoms with Gasteiger partial charge in [-0.3, -0.25) is 0 Å². The van der Waals surface area contributed by atoms with Gasteiger partial charge >= 0.3 is 5.97 Å². The Bertz CT molecular complexity index is 420. The number of methoxy groups -OCH3 is 2. The number of nitrogens with zero attached hydrogens (tertiary/aromatic N) is 1. The van der Waals surface area contributed by atoms with Crippen LogP contribution in [0.3, 0.4) is 0 Å². The van der Waals surface area contributed by atoms with Gasteiger partial charge in [0.15, 0.2) is 6.10 Å². The summed E-state index contributed by atoms with van der Waals surface area (Å²) in [6.45, 7) is 2.44. The Morgan fingerprint density at radius 3 is 2.68 bits per heavy atom. The second-order valence-corrected chi connectivity index (χ2v) is 5.29. The Labute approximate surface area is 112 Å². The van der Waals surface area contributed by atoms with Gasteiger partial charge in [0, 0.05) is 12.8 Å². The summed E-state index contributed by atoms with van der Waals surface area (Å²) in [4.78, 5) is 13.6. The van der Waals surface area contributed by atoms with Crippen LogP contribution in [0, 0.1) is 0 Å². The van der Waals surface area contributed by atoms with Crippen LogP contribution in [0.1, 0.15) is 19.8 Å². The van der Waals surface area contributed by atoms with Gasteiger partial charge in [-0.1, -0.05) is 6.08 Å². The molecule has 1 heterocycles. The van der Waals surface area contributed by atoms with E-state index < -0.39 is 17.7 Å². The van der Waals surface area contributed by atoms with E-state index in [4.69, 9.17) is 9.47 Å². The average molecular weight is 269 g/mol. The molecule has 2 aliphatic rings. The summed E-state index contributed by atoms with van der Waals surface area (Å²) in [5, 5.41) is 0. The van der Waals surface area contributed by atoms with Gasteiger partial charge in [-0.25, -0.2) is 9.18 Å². The number of esters is 1. The van der Waals surface area contributed by atoms with Crippen molar-refractivity contribution in [3.05, 3.63) is 23.4 Å². The first kappa shape index (κ1) is 14.1. The maximum atomic E-state index is 13.5. The lowest BCUT2D eigenvalue weighted by Crippen LogP contribution is -2.56. The van der Waals surface area contributed by atoms with Crippen LogP contribution in [0.25, 0.3) is 0 Å². The van der Waals surface area contributed by atoms with Gasteiger partial charge in [-0.2, -0.15) is 0 Å². The van der Waals surface area contributed by atoms with E-state index in [1.807, 2.05) is 17.1 Å². The first-order chi connectivity index (χ1) is 8.96. The quantitative estimate of drug-likeness (QED) is 0.730. The number of halogens is 1. The molecule has 0 bridgehead atoms. The minimum atomic E-state index is -1.09. The standard InChI is InChI=1S/C14H20FNO3/c1-14(15)8-16(9-14)11-6-4-5-10(7-11)12(18-2)13(17)19-3/h5,7,12H,4,6,8-9H2,1-3H3. The Morgan fingerprint density at radius 1 is 1.47 bits per heavy atom. The molecule has 0 amide bonds. The number of carbonyl (C=O) groups excluding carboxylic acids is 1. The highest BCUT2D eigenvalue weighted by molar-refractivity contribution is 5.79. The topological polar surface area (TPSA) is 38.8 Å². The largest absolute Gasteiger partial charge is 0.467 e.